The van der Waals surface area contributed by atoms with E-state index < -0.39 is 0 Å². The van der Waals surface area contributed by atoms with Crippen molar-refractivity contribution in [3.05, 3.63) is 23.8 Å². The van der Waals surface area contributed by atoms with Gasteiger partial charge in [0.15, 0.2) is 0 Å². The van der Waals surface area contributed by atoms with Crippen LogP contribution in [0.1, 0.15) is 24.7 Å². The molecule has 0 bridgehead atoms. The summed E-state index contributed by atoms with van der Waals surface area (Å²) in [6, 6.07) is 0. The lowest BCUT2D eigenvalue weighted by molar-refractivity contribution is 0.634. The average molecular weight is 235 g/mol. The number of nitrogens with one attached hydrogen (secondary N) is 1. The zero-order valence-electron chi connectivity index (χ0n) is 10.2. The van der Waals surface area contributed by atoms with E-state index in [9.17, 15) is 0 Å². The number of aryl methyl sites for hydroxylation is 1. The number of rotatable bonds is 6. The minimum Gasteiger partial charge on any atom is -0.311 e. The van der Waals surface area contributed by atoms with Crippen LogP contribution in [-0.2, 0) is 20.1 Å². The summed E-state index contributed by atoms with van der Waals surface area (Å²) >= 11 is 0. The van der Waals surface area contributed by atoms with Crippen molar-refractivity contribution >= 4 is 0 Å². The molecule has 0 radical (unpaired) electrons. The zero-order chi connectivity index (χ0) is 12.1. The molecule has 0 fully saturated rings. The van der Waals surface area contributed by atoms with Crippen LogP contribution in [0.5, 0.6) is 0 Å². The van der Waals surface area contributed by atoms with Gasteiger partial charge in [0.2, 0.25) is 0 Å². The van der Waals surface area contributed by atoms with Gasteiger partial charge in [0.05, 0.1) is 18.4 Å². The van der Waals surface area contributed by atoms with E-state index in [0.29, 0.717) is 6.54 Å². The van der Waals surface area contributed by atoms with E-state index in [2.05, 4.69) is 32.9 Å². The smallest absolute Gasteiger partial charge is 0.104 e. The summed E-state index contributed by atoms with van der Waals surface area (Å²) in [6.07, 6.45) is 4.92. The van der Waals surface area contributed by atoms with Crippen molar-refractivity contribution in [1.29, 1.82) is 0 Å². The van der Waals surface area contributed by atoms with Gasteiger partial charge in [-0.2, -0.15) is 0 Å². The normalized spacial score (nSPS) is 10.9. The first-order valence-electron chi connectivity index (χ1n) is 5.73. The highest BCUT2D eigenvalue weighted by Gasteiger charge is 2.03. The van der Waals surface area contributed by atoms with Crippen LogP contribution in [0.3, 0.4) is 0 Å². The van der Waals surface area contributed by atoms with Gasteiger partial charge in [-0.15, -0.1) is 10.2 Å². The quantitative estimate of drug-likeness (QED) is 0.711. The fraction of sp³-hybridized carbons (Fsp3) is 0.600. The highest BCUT2D eigenvalue weighted by Crippen LogP contribution is 1.98. The van der Waals surface area contributed by atoms with Crippen molar-refractivity contribution in [2.75, 3.05) is 6.54 Å². The Hall–Kier alpha value is -1.76. The molecule has 0 aliphatic carbocycles. The molecule has 0 amide bonds. The summed E-state index contributed by atoms with van der Waals surface area (Å²) in [5.74, 6) is 0. The van der Waals surface area contributed by atoms with E-state index in [4.69, 9.17) is 0 Å². The van der Waals surface area contributed by atoms with Crippen molar-refractivity contribution in [3.63, 3.8) is 0 Å². The van der Waals surface area contributed by atoms with Gasteiger partial charge in [0.1, 0.15) is 5.69 Å². The molecule has 92 valence electrons. The lowest BCUT2D eigenvalue weighted by Crippen LogP contribution is -2.13. The topological polar surface area (TPSA) is 73.5 Å². The Balaban J connectivity index is 1.89. The van der Waals surface area contributed by atoms with Gasteiger partial charge < -0.3 is 5.32 Å². The molecule has 0 saturated heterocycles. The van der Waals surface area contributed by atoms with E-state index in [1.165, 1.54) is 0 Å². The largest absolute Gasteiger partial charge is 0.311 e. The number of nitrogens with zero attached hydrogens (tertiary/aromatic N) is 6. The van der Waals surface area contributed by atoms with Gasteiger partial charge >= 0.3 is 0 Å². The molecule has 1 N–H and O–H groups in total. The maximum absolute atomic E-state index is 4.09. The van der Waals surface area contributed by atoms with E-state index in [1.807, 2.05) is 19.4 Å². The van der Waals surface area contributed by atoms with Crippen LogP contribution >= 0.6 is 0 Å². The van der Waals surface area contributed by atoms with Gasteiger partial charge in [-0.25, -0.2) is 4.68 Å². The highest BCUT2D eigenvalue weighted by molar-refractivity contribution is 4.96. The monoisotopic (exact) mass is 235 g/mol. The fourth-order valence-corrected chi connectivity index (χ4v) is 1.52. The summed E-state index contributed by atoms with van der Waals surface area (Å²) in [6.45, 7) is 4.50. The Kier molecular flexibility index (Phi) is 3.81. The predicted octanol–water partition coefficient (Wildman–Crippen LogP) is -0.0455. The predicted molar refractivity (Wildman–Crippen MR) is 62.1 cm³/mol. The maximum atomic E-state index is 4.09. The third kappa shape index (κ3) is 3.35. The van der Waals surface area contributed by atoms with E-state index >= 15 is 0 Å². The van der Waals surface area contributed by atoms with E-state index in [-0.39, 0.29) is 0 Å². The number of hydrogen-bond acceptors (Lipinski definition) is 5. The Labute approximate surface area is 99.8 Å². The summed E-state index contributed by atoms with van der Waals surface area (Å²) < 4.78 is 3.45. The van der Waals surface area contributed by atoms with Crippen molar-refractivity contribution in [1.82, 2.24) is 35.3 Å². The van der Waals surface area contributed by atoms with Gasteiger partial charge in [0, 0.05) is 19.8 Å². The summed E-state index contributed by atoms with van der Waals surface area (Å²) in [7, 11) is 1.85. The van der Waals surface area contributed by atoms with Crippen molar-refractivity contribution in [2.45, 2.75) is 26.4 Å². The Morgan fingerprint density at radius 3 is 2.71 bits per heavy atom. The number of hydrogen-bond donors (Lipinski definition) is 1. The first-order valence-corrected chi connectivity index (χ1v) is 5.73. The molecular weight excluding hydrogens is 218 g/mol. The molecule has 2 heterocycles. The van der Waals surface area contributed by atoms with Crippen LogP contribution in [0.4, 0.5) is 0 Å². The second-order valence-electron chi connectivity index (χ2n) is 3.97. The van der Waals surface area contributed by atoms with Crippen LogP contribution in [0.15, 0.2) is 12.4 Å². The average Bonchev–Trinajstić information content (AvgIpc) is 2.90. The van der Waals surface area contributed by atoms with Crippen LogP contribution < -0.4 is 5.32 Å². The maximum Gasteiger partial charge on any atom is 0.104 e. The first kappa shape index (κ1) is 11.7. The third-order valence-electron chi connectivity index (χ3n) is 2.29. The third-order valence-corrected chi connectivity index (χ3v) is 2.29. The lowest BCUT2D eigenvalue weighted by atomic mass is 10.4. The van der Waals surface area contributed by atoms with Gasteiger partial charge in [0.25, 0.3) is 0 Å². The standard InChI is InChI=1S/C10H17N7/c1-3-4-11-5-9-7-17(15-12-9)8-10-6-16(2)14-13-10/h6-7,11H,3-5,8H2,1-2H3. The molecule has 0 aromatic carbocycles. The van der Waals surface area contributed by atoms with E-state index in [1.54, 1.807) is 9.36 Å². The van der Waals surface area contributed by atoms with Crippen LogP contribution in [-0.4, -0.2) is 36.5 Å². The Morgan fingerprint density at radius 2 is 2.00 bits per heavy atom. The van der Waals surface area contributed by atoms with Crippen LogP contribution in [0.2, 0.25) is 0 Å². The lowest BCUT2D eigenvalue weighted by Gasteiger charge is -1.97. The molecule has 7 nitrogen and oxygen atoms in total. The molecule has 0 aliphatic heterocycles. The Bertz CT molecular complexity index is 459. The molecular formula is C10H17N7. The molecule has 0 aliphatic rings. The van der Waals surface area contributed by atoms with Gasteiger partial charge in [-0.1, -0.05) is 17.4 Å². The molecule has 0 unspecified atom stereocenters. The van der Waals surface area contributed by atoms with Crippen molar-refractivity contribution < 1.29 is 0 Å². The second kappa shape index (κ2) is 5.53. The summed E-state index contributed by atoms with van der Waals surface area (Å²) in [4.78, 5) is 0. The highest BCUT2D eigenvalue weighted by atomic mass is 15.4. The second-order valence-corrected chi connectivity index (χ2v) is 3.97. The van der Waals surface area contributed by atoms with Gasteiger partial charge in [-0.05, 0) is 13.0 Å². The fourth-order valence-electron chi connectivity index (χ4n) is 1.52. The zero-order valence-corrected chi connectivity index (χ0v) is 10.2. The Morgan fingerprint density at radius 1 is 1.18 bits per heavy atom. The van der Waals surface area contributed by atoms with Crippen LogP contribution in [0, 0.1) is 0 Å². The SMILES string of the molecule is CCCNCc1cn(Cc2cn(C)nn2)nn1. The van der Waals surface area contributed by atoms with Crippen LogP contribution in [0.25, 0.3) is 0 Å². The summed E-state index contributed by atoms with van der Waals surface area (Å²) in [5, 5.41) is 19.3. The minimum atomic E-state index is 0.606. The molecule has 7 heteroatoms. The molecule has 2 aromatic heterocycles. The minimum absolute atomic E-state index is 0.606. The molecule has 2 aromatic rings. The molecule has 17 heavy (non-hydrogen) atoms. The molecule has 2 rings (SSSR count). The molecule has 0 spiro atoms. The molecule has 0 saturated carbocycles. The molecule has 0 atom stereocenters. The first-order chi connectivity index (χ1) is 8.28. The number of aromatic nitrogens is 6. The summed E-state index contributed by atoms with van der Waals surface area (Å²) in [5.41, 5.74) is 1.83. The van der Waals surface area contributed by atoms with E-state index in [0.717, 1.165) is 30.9 Å². The van der Waals surface area contributed by atoms with Crippen molar-refractivity contribution in [3.8, 4) is 0 Å². The van der Waals surface area contributed by atoms with Crippen molar-refractivity contribution in [2.24, 2.45) is 7.05 Å². The van der Waals surface area contributed by atoms with Gasteiger partial charge in [-0.3, -0.25) is 4.68 Å².